The first-order valence-corrected chi connectivity index (χ1v) is 22.3. The van der Waals surface area contributed by atoms with E-state index in [-0.39, 0.29) is 24.7 Å². The molecule has 2 saturated heterocycles. The van der Waals surface area contributed by atoms with Gasteiger partial charge in [-0.2, -0.15) is 0 Å². The molecule has 0 aromatic carbocycles. The monoisotopic (exact) mass is 857 g/mol. The Balaban J connectivity index is 2.04. The molecule has 0 saturated carbocycles. The van der Waals surface area contributed by atoms with Crippen LogP contribution in [0.15, 0.2) is 23.8 Å². The zero-order valence-corrected chi connectivity index (χ0v) is 38.5. The van der Waals surface area contributed by atoms with Gasteiger partial charge in [0.05, 0.1) is 49.6 Å². The molecule has 0 aromatic rings. The number of aliphatic hydroxyl groups excluding tert-OH is 4. The third-order valence-corrected chi connectivity index (χ3v) is 12.6. The molecule has 17 atom stereocenters. The molecule has 60 heavy (non-hydrogen) atoms. The molecule has 4 N–H and O–H groups in total. The van der Waals surface area contributed by atoms with E-state index in [2.05, 4.69) is 18.7 Å². The standard InChI is InChI=1S/C45H80N2O13/c1-13-19-47(20-14-2)21-18-31-23-27(5)33(48)17-16-26(4)22-32(25-56-45-43(55-12)42(54-11)39(52)30(8)58-45)35(15-3)59-36(50)24-34(49)28(6)41(31)60-44-40(53)37(46(9)10)38(51)29(7)57-44/h16-17,22,27-32,34-35,37-45,49,51-53H,13-15,18-21,23-25H2,1-12H3/b17-16+,26-22+/t27-,28+,29-,30-,31+,32-,34-,35-,37+,38+,39-,40-,41-,42-,43-,44+,45?/m1/s1. The number of hydrogen-bond donors (Lipinski definition) is 4. The maximum atomic E-state index is 13.9. The molecule has 0 amide bonds. The van der Waals surface area contributed by atoms with Crippen LogP contribution in [0.4, 0.5) is 0 Å². The van der Waals surface area contributed by atoms with Crippen molar-refractivity contribution in [1.82, 2.24) is 9.80 Å². The van der Waals surface area contributed by atoms with E-state index in [0.29, 0.717) is 19.3 Å². The van der Waals surface area contributed by atoms with Crippen molar-refractivity contribution in [2.24, 2.45) is 23.7 Å². The maximum absolute atomic E-state index is 13.9. The summed E-state index contributed by atoms with van der Waals surface area (Å²) in [4.78, 5) is 31.9. The first-order valence-electron chi connectivity index (χ1n) is 22.3. The number of nitrogens with zero attached hydrogens (tertiary/aromatic N) is 2. The second kappa shape index (κ2) is 25.4. The van der Waals surface area contributed by atoms with E-state index in [1.54, 1.807) is 45.0 Å². The SMILES string of the molecule is CCCN(CCC)CC[C@H]1C[C@@H](C)C(=O)/C=C/C(C)=C/[C@H](COC2O[C@H](C)[C@@H](O)[C@@H](OC)[C@H]2OC)[C@@H](CC)OC(=O)C[C@@H](O)[C@H](C)[C@H]1O[C@@H]1O[C@H](C)[C@H](O)[C@H](N(C)C)[C@H]1O. The van der Waals surface area contributed by atoms with Crippen LogP contribution in [0.2, 0.25) is 0 Å². The topological polar surface area (TPSA) is 186 Å². The molecule has 348 valence electrons. The van der Waals surface area contributed by atoms with Crippen LogP contribution in [0.3, 0.4) is 0 Å². The van der Waals surface area contributed by atoms with Crippen molar-refractivity contribution >= 4 is 11.8 Å². The number of carbonyl (C=O) groups excluding carboxylic acids is 2. The number of esters is 1. The van der Waals surface area contributed by atoms with E-state index in [4.69, 9.17) is 33.2 Å². The van der Waals surface area contributed by atoms with Gasteiger partial charge in [0.2, 0.25) is 0 Å². The van der Waals surface area contributed by atoms with E-state index < -0.39 is 103 Å². The lowest BCUT2D eigenvalue weighted by Crippen LogP contribution is -2.63. The summed E-state index contributed by atoms with van der Waals surface area (Å²) in [6, 6.07) is -0.686. The number of cyclic esters (lactones) is 1. The average molecular weight is 857 g/mol. The summed E-state index contributed by atoms with van der Waals surface area (Å²) in [5.41, 5.74) is 0.758. The summed E-state index contributed by atoms with van der Waals surface area (Å²) < 4.78 is 42.5. The summed E-state index contributed by atoms with van der Waals surface area (Å²) in [6.07, 6.45) is -2.23. The lowest BCUT2D eigenvalue weighted by Gasteiger charge is -2.47. The Morgan fingerprint density at radius 3 is 2.00 bits per heavy atom. The summed E-state index contributed by atoms with van der Waals surface area (Å²) in [5, 5.41) is 45.1. The van der Waals surface area contributed by atoms with Gasteiger partial charge in [-0.25, -0.2) is 0 Å². The van der Waals surface area contributed by atoms with Gasteiger partial charge in [-0.3, -0.25) is 9.59 Å². The Morgan fingerprint density at radius 2 is 1.42 bits per heavy atom. The highest BCUT2D eigenvalue weighted by molar-refractivity contribution is 5.91. The number of ether oxygens (including phenoxy) is 7. The third kappa shape index (κ3) is 14.3. The largest absolute Gasteiger partial charge is 0.462 e. The number of hydrogen-bond acceptors (Lipinski definition) is 15. The van der Waals surface area contributed by atoms with Crippen LogP contribution >= 0.6 is 0 Å². The highest BCUT2D eigenvalue weighted by Gasteiger charge is 2.48. The minimum Gasteiger partial charge on any atom is -0.462 e. The molecule has 3 heterocycles. The fraction of sp³-hybridized carbons (Fsp3) is 0.867. The van der Waals surface area contributed by atoms with Crippen LogP contribution in [-0.2, 0) is 42.7 Å². The second-order valence-electron chi connectivity index (χ2n) is 17.6. The molecule has 15 nitrogen and oxygen atoms in total. The minimum atomic E-state index is -1.23. The van der Waals surface area contributed by atoms with Gasteiger partial charge in [-0.15, -0.1) is 0 Å². The van der Waals surface area contributed by atoms with Gasteiger partial charge < -0.3 is 63.4 Å². The highest BCUT2D eigenvalue weighted by atomic mass is 16.7. The number of aliphatic hydroxyl groups is 4. The van der Waals surface area contributed by atoms with E-state index in [1.165, 1.54) is 14.2 Å². The van der Waals surface area contributed by atoms with Crippen LogP contribution < -0.4 is 0 Å². The summed E-state index contributed by atoms with van der Waals surface area (Å²) in [5.74, 6) is -2.57. The Kier molecular flexibility index (Phi) is 22.3. The van der Waals surface area contributed by atoms with Gasteiger partial charge in [0.15, 0.2) is 18.4 Å². The lowest BCUT2D eigenvalue weighted by atomic mass is 9.79. The summed E-state index contributed by atoms with van der Waals surface area (Å²) in [7, 11) is 6.52. The molecule has 3 aliphatic rings. The molecule has 0 aromatic heterocycles. The van der Waals surface area contributed by atoms with E-state index in [1.807, 2.05) is 33.8 Å². The second-order valence-corrected chi connectivity index (χ2v) is 17.6. The van der Waals surface area contributed by atoms with Crippen molar-refractivity contribution in [1.29, 1.82) is 0 Å². The van der Waals surface area contributed by atoms with Crippen molar-refractivity contribution in [2.75, 3.05) is 54.6 Å². The van der Waals surface area contributed by atoms with Crippen molar-refractivity contribution in [2.45, 2.75) is 174 Å². The average Bonchev–Trinajstić information content (AvgIpc) is 3.20. The lowest BCUT2D eigenvalue weighted by molar-refractivity contribution is -0.304. The van der Waals surface area contributed by atoms with Crippen LogP contribution in [0, 0.1) is 23.7 Å². The maximum Gasteiger partial charge on any atom is 0.308 e. The normalized spacial score (nSPS) is 40.6. The molecule has 0 aliphatic carbocycles. The van der Waals surface area contributed by atoms with Crippen molar-refractivity contribution in [3.63, 3.8) is 0 Å². The first kappa shape index (κ1) is 52.5. The number of allylic oxidation sites excluding steroid dienone is 3. The van der Waals surface area contributed by atoms with Crippen LogP contribution in [0.1, 0.15) is 93.9 Å². The number of likely N-dealkylation sites (N-methyl/N-ethyl adjacent to an activating group) is 1. The molecule has 15 heteroatoms. The molecule has 0 bridgehead atoms. The fourth-order valence-corrected chi connectivity index (χ4v) is 9.00. The van der Waals surface area contributed by atoms with Gasteiger partial charge in [0.25, 0.3) is 0 Å². The number of carbonyl (C=O) groups is 2. The zero-order valence-electron chi connectivity index (χ0n) is 38.5. The van der Waals surface area contributed by atoms with E-state index in [0.717, 1.165) is 38.0 Å². The van der Waals surface area contributed by atoms with Gasteiger partial charge in [-0.1, -0.05) is 52.3 Å². The Labute approximate surface area is 359 Å². The number of ketones is 1. The van der Waals surface area contributed by atoms with Crippen molar-refractivity contribution in [3.05, 3.63) is 23.8 Å². The van der Waals surface area contributed by atoms with Crippen LogP contribution in [0.5, 0.6) is 0 Å². The Hall–Kier alpha value is -1.86. The number of methoxy groups -OCH3 is 2. The molecule has 3 rings (SSSR count). The molecule has 3 aliphatic heterocycles. The Bertz CT molecular complexity index is 1340. The smallest absolute Gasteiger partial charge is 0.308 e. The van der Waals surface area contributed by atoms with Crippen LogP contribution in [-0.4, -0.2) is 176 Å². The van der Waals surface area contributed by atoms with Crippen LogP contribution in [0.25, 0.3) is 0 Å². The summed E-state index contributed by atoms with van der Waals surface area (Å²) in [6.45, 7) is 17.8. The van der Waals surface area contributed by atoms with Gasteiger partial charge in [0, 0.05) is 32.0 Å². The molecule has 0 radical (unpaired) electrons. The molecular formula is C45H80N2O13. The first-order chi connectivity index (χ1) is 28.4. The van der Waals surface area contributed by atoms with Gasteiger partial charge in [-0.05, 0) is 98.6 Å². The summed E-state index contributed by atoms with van der Waals surface area (Å²) >= 11 is 0. The molecule has 0 spiro atoms. The predicted octanol–water partition coefficient (Wildman–Crippen LogP) is 3.49. The van der Waals surface area contributed by atoms with Gasteiger partial charge in [0.1, 0.15) is 30.5 Å². The van der Waals surface area contributed by atoms with Crippen molar-refractivity contribution < 1.29 is 63.2 Å². The Morgan fingerprint density at radius 1 is 0.800 bits per heavy atom. The highest BCUT2D eigenvalue weighted by Crippen LogP contribution is 2.35. The quantitative estimate of drug-likeness (QED) is 0.165. The van der Waals surface area contributed by atoms with E-state index >= 15 is 0 Å². The number of rotatable bonds is 16. The minimum absolute atomic E-state index is 0.0412. The van der Waals surface area contributed by atoms with Crippen molar-refractivity contribution in [3.8, 4) is 0 Å². The third-order valence-electron chi connectivity index (χ3n) is 12.6. The predicted molar refractivity (Wildman–Crippen MR) is 227 cm³/mol. The molecule has 1 unspecified atom stereocenters. The molecule has 2 fully saturated rings. The van der Waals surface area contributed by atoms with Gasteiger partial charge >= 0.3 is 5.97 Å². The zero-order chi connectivity index (χ0) is 44.8. The fourth-order valence-electron chi connectivity index (χ4n) is 9.00. The van der Waals surface area contributed by atoms with E-state index in [9.17, 15) is 30.0 Å². The molecular weight excluding hydrogens is 776 g/mol.